The average Bonchev–Trinajstić information content (AvgIpc) is 2.30. The van der Waals surface area contributed by atoms with Crippen molar-refractivity contribution in [1.82, 2.24) is 0 Å². The van der Waals surface area contributed by atoms with E-state index in [0.29, 0.717) is 0 Å². The van der Waals surface area contributed by atoms with Crippen LogP contribution in [0.25, 0.3) is 0 Å². The summed E-state index contributed by atoms with van der Waals surface area (Å²) in [5, 5.41) is 0. The monoisotopic (exact) mass is 196 g/mol. The number of hydrogen-bond donors (Lipinski definition) is 0. The molecule has 0 radical (unpaired) electrons. The second-order valence-corrected chi connectivity index (χ2v) is 9.18. The lowest BCUT2D eigenvalue weighted by Gasteiger charge is -2.22. The van der Waals surface area contributed by atoms with Gasteiger partial charge in [0, 0.05) is 0 Å². The molecule has 0 amide bonds. The first-order chi connectivity index (χ1) is 5.90. The Hall–Kier alpha value is -0.503. The van der Waals surface area contributed by atoms with Crippen LogP contribution in [0.4, 0.5) is 0 Å². The van der Waals surface area contributed by atoms with Gasteiger partial charge in [-0.25, -0.2) is 0 Å². The molecule has 0 atom stereocenters. The second-order valence-electron chi connectivity index (χ2n) is 4.75. The highest BCUT2D eigenvalue weighted by atomic mass is 28.4. The molecule has 0 saturated heterocycles. The molecular formula is C11H20OSi. The molecule has 1 aliphatic carbocycles. The third-order valence-electron chi connectivity index (χ3n) is 2.26. The highest BCUT2D eigenvalue weighted by Crippen LogP contribution is 2.31. The van der Waals surface area contributed by atoms with Crippen LogP contribution in [0.2, 0.25) is 19.6 Å². The largest absolute Gasteiger partial charge is 0.545 e. The van der Waals surface area contributed by atoms with Gasteiger partial charge in [-0.1, -0.05) is 12.2 Å². The van der Waals surface area contributed by atoms with Crippen molar-refractivity contribution in [3.05, 3.63) is 23.5 Å². The van der Waals surface area contributed by atoms with E-state index in [2.05, 4.69) is 33.1 Å². The van der Waals surface area contributed by atoms with E-state index < -0.39 is 8.32 Å². The van der Waals surface area contributed by atoms with Crippen molar-refractivity contribution in [3.63, 3.8) is 0 Å². The molecule has 1 aliphatic rings. The Morgan fingerprint density at radius 3 is 2.31 bits per heavy atom. The van der Waals surface area contributed by atoms with Crippen LogP contribution in [0.1, 0.15) is 26.2 Å². The molecule has 13 heavy (non-hydrogen) atoms. The molecular weight excluding hydrogens is 176 g/mol. The third-order valence-corrected chi connectivity index (χ3v) is 3.12. The van der Waals surface area contributed by atoms with Crippen molar-refractivity contribution in [1.29, 1.82) is 0 Å². The highest BCUT2D eigenvalue weighted by Gasteiger charge is 2.21. The number of rotatable bonds is 3. The van der Waals surface area contributed by atoms with Crippen molar-refractivity contribution in [3.8, 4) is 0 Å². The van der Waals surface area contributed by atoms with E-state index in [1.54, 1.807) is 0 Å². The second kappa shape index (κ2) is 3.70. The van der Waals surface area contributed by atoms with Crippen molar-refractivity contribution in [2.24, 2.45) is 0 Å². The maximum Gasteiger partial charge on any atom is 0.242 e. The number of hydrogen-bond acceptors (Lipinski definition) is 1. The van der Waals surface area contributed by atoms with Gasteiger partial charge in [0.05, 0.1) is 5.76 Å². The SMILES string of the molecule is C=C(O[Si](C)(C)C)C1=C(C)CCC1. The third kappa shape index (κ3) is 3.03. The van der Waals surface area contributed by atoms with Gasteiger partial charge in [-0.2, -0.15) is 0 Å². The molecule has 0 aromatic heterocycles. The zero-order chi connectivity index (χ0) is 10.1. The van der Waals surface area contributed by atoms with E-state index in [1.165, 1.54) is 24.0 Å². The Bertz CT molecular complexity index is 245. The van der Waals surface area contributed by atoms with Gasteiger partial charge in [0.2, 0.25) is 8.32 Å². The molecule has 0 spiro atoms. The summed E-state index contributed by atoms with van der Waals surface area (Å²) in [7, 11) is -1.45. The standard InChI is InChI=1S/C11H20OSi/c1-9-7-6-8-11(9)10(2)12-13(3,4)5/h2,6-8H2,1,3-5H3. The molecule has 0 heterocycles. The maximum absolute atomic E-state index is 5.88. The Morgan fingerprint density at radius 1 is 1.31 bits per heavy atom. The van der Waals surface area contributed by atoms with Gasteiger partial charge in [0.25, 0.3) is 0 Å². The summed E-state index contributed by atoms with van der Waals surface area (Å²) in [4.78, 5) is 0. The molecule has 0 fully saturated rings. The first kappa shape index (κ1) is 10.6. The molecule has 74 valence electrons. The zero-order valence-electron chi connectivity index (χ0n) is 9.24. The quantitative estimate of drug-likeness (QED) is 0.492. The van der Waals surface area contributed by atoms with Gasteiger partial charge in [-0.3, -0.25) is 0 Å². The van der Waals surface area contributed by atoms with Crippen LogP contribution >= 0.6 is 0 Å². The summed E-state index contributed by atoms with van der Waals surface area (Å²) in [6.07, 6.45) is 3.66. The van der Waals surface area contributed by atoms with E-state index in [4.69, 9.17) is 4.43 Å². The molecule has 0 aliphatic heterocycles. The maximum atomic E-state index is 5.88. The van der Waals surface area contributed by atoms with Crippen molar-refractivity contribution in [2.75, 3.05) is 0 Å². The van der Waals surface area contributed by atoms with Crippen molar-refractivity contribution >= 4 is 8.32 Å². The fourth-order valence-corrected chi connectivity index (χ4v) is 2.57. The Labute approximate surface area is 82.6 Å². The first-order valence-electron chi connectivity index (χ1n) is 4.97. The summed E-state index contributed by atoms with van der Waals surface area (Å²) in [5.74, 6) is 0.939. The van der Waals surface area contributed by atoms with Crippen molar-refractivity contribution < 1.29 is 4.43 Å². The van der Waals surface area contributed by atoms with Crippen LogP contribution in [0.5, 0.6) is 0 Å². The van der Waals surface area contributed by atoms with Crippen LogP contribution in [0.3, 0.4) is 0 Å². The van der Waals surface area contributed by atoms with E-state index in [1.807, 2.05) is 0 Å². The van der Waals surface area contributed by atoms with Crippen LogP contribution in [0, 0.1) is 0 Å². The minimum Gasteiger partial charge on any atom is -0.545 e. The molecule has 0 bridgehead atoms. The van der Waals surface area contributed by atoms with Gasteiger partial charge in [-0.05, 0) is 51.4 Å². The molecule has 0 unspecified atom stereocenters. The van der Waals surface area contributed by atoms with Crippen LogP contribution in [-0.2, 0) is 4.43 Å². The predicted octanol–water partition coefficient (Wildman–Crippen LogP) is 3.85. The van der Waals surface area contributed by atoms with E-state index in [0.717, 1.165) is 12.2 Å². The lowest BCUT2D eigenvalue weighted by atomic mass is 10.1. The average molecular weight is 196 g/mol. The highest BCUT2D eigenvalue weighted by molar-refractivity contribution is 6.70. The predicted molar refractivity (Wildman–Crippen MR) is 60.1 cm³/mol. The zero-order valence-corrected chi connectivity index (χ0v) is 10.2. The summed E-state index contributed by atoms with van der Waals surface area (Å²) >= 11 is 0. The molecule has 0 aromatic rings. The van der Waals surface area contributed by atoms with Crippen LogP contribution < -0.4 is 0 Å². The van der Waals surface area contributed by atoms with E-state index in [9.17, 15) is 0 Å². The molecule has 0 saturated carbocycles. The molecule has 1 rings (SSSR count). The summed E-state index contributed by atoms with van der Waals surface area (Å²) in [6.45, 7) is 12.8. The van der Waals surface area contributed by atoms with Gasteiger partial charge in [-0.15, -0.1) is 0 Å². The Morgan fingerprint density at radius 2 is 1.92 bits per heavy atom. The van der Waals surface area contributed by atoms with Crippen LogP contribution in [-0.4, -0.2) is 8.32 Å². The Balaban J connectivity index is 2.64. The van der Waals surface area contributed by atoms with Crippen molar-refractivity contribution in [2.45, 2.75) is 45.8 Å². The first-order valence-corrected chi connectivity index (χ1v) is 8.38. The fourth-order valence-electron chi connectivity index (χ4n) is 1.70. The topological polar surface area (TPSA) is 9.23 Å². The summed E-state index contributed by atoms with van der Waals surface area (Å²) in [5.41, 5.74) is 2.85. The number of allylic oxidation sites excluding steroid dienone is 2. The molecule has 0 N–H and O–H groups in total. The van der Waals surface area contributed by atoms with Gasteiger partial charge >= 0.3 is 0 Å². The lowest BCUT2D eigenvalue weighted by Crippen LogP contribution is -2.25. The minimum absolute atomic E-state index is 0.939. The molecule has 1 nitrogen and oxygen atoms in total. The Kier molecular flexibility index (Phi) is 3.01. The molecule has 0 aromatic carbocycles. The normalized spacial score (nSPS) is 17.8. The van der Waals surface area contributed by atoms with E-state index in [-0.39, 0.29) is 0 Å². The summed E-state index contributed by atoms with van der Waals surface area (Å²) < 4.78 is 5.88. The van der Waals surface area contributed by atoms with Gasteiger partial charge in [0.1, 0.15) is 0 Å². The van der Waals surface area contributed by atoms with E-state index >= 15 is 0 Å². The smallest absolute Gasteiger partial charge is 0.242 e. The van der Waals surface area contributed by atoms with Crippen LogP contribution in [0.15, 0.2) is 23.5 Å². The van der Waals surface area contributed by atoms with Gasteiger partial charge in [0.15, 0.2) is 0 Å². The summed E-state index contributed by atoms with van der Waals surface area (Å²) in [6, 6.07) is 0. The molecule has 2 heteroatoms. The minimum atomic E-state index is -1.45. The van der Waals surface area contributed by atoms with Gasteiger partial charge < -0.3 is 4.43 Å². The lowest BCUT2D eigenvalue weighted by molar-refractivity contribution is 0.432. The fraction of sp³-hybridized carbons (Fsp3) is 0.636.